The third-order valence-electron chi connectivity index (χ3n) is 3.77. The topological polar surface area (TPSA) is 50.9 Å². The van der Waals surface area contributed by atoms with Crippen molar-refractivity contribution in [1.82, 2.24) is 10.4 Å². The van der Waals surface area contributed by atoms with E-state index in [0.717, 1.165) is 11.5 Å². The van der Waals surface area contributed by atoms with E-state index in [-0.39, 0.29) is 6.04 Å². The largest absolute Gasteiger partial charge is 0.271 e. The van der Waals surface area contributed by atoms with Gasteiger partial charge in [0.25, 0.3) is 0 Å². The first-order valence-corrected chi connectivity index (χ1v) is 6.65. The van der Waals surface area contributed by atoms with Crippen LogP contribution in [0.5, 0.6) is 0 Å². The number of hydrazine groups is 1. The molecule has 4 heteroatoms. The Kier molecular flexibility index (Phi) is 4.37. The fraction of sp³-hybridized carbons (Fsp3) is 0.615. The minimum absolute atomic E-state index is 0.147. The highest BCUT2D eigenvalue weighted by Gasteiger charge is 2.28. The first-order chi connectivity index (χ1) is 8.22. The first kappa shape index (κ1) is 12.8. The van der Waals surface area contributed by atoms with Crippen molar-refractivity contribution in [2.45, 2.75) is 38.6 Å². The second kappa shape index (κ2) is 5.80. The fourth-order valence-electron chi connectivity index (χ4n) is 2.90. The molecule has 0 bridgehead atoms. The van der Waals surface area contributed by atoms with Crippen molar-refractivity contribution >= 4 is 11.6 Å². The lowest BCUT2D eigenvalue weighted by Crippen LogP contribution is -2.35. The Morgan fingerprint density at radius 3 is 3.00 bits per heavy atom. The van der Waals surface area contributed by atoms with E-state index in [2.05, 4.69) is 17.3 Å². The zero-order valence-corrected chi connectivity index (χ0v) is 11.0. The molecule has 1 aliphatic carbocycles. The Balaban J connectivity index is 2.18. The molecule has 3 N–H and O–H groups in total. The predicted octanol–water partition coefficient (Wildman–Crippen LogP) is 3.07. The van der Waals surface area contributed by atoms with Crippen LogP contribution in [0.4, 0.5) is 0 Å². The average Bonchev–Trinajstić information content (AvgIpc) is 2.33. The highest BCUT2D eigenvalue weighted by molar-refractivity contribution is 6.31. The molecular formula is C13H20ClN3. The van der Waals surface area contributed by atoms with E-state index in [9.17, 15) is 0 Å². The number of pyridine rings is 1. The SMILES string of the molecule is CC1CCCC(C(NN)c2ccncc2Cl)C1. The molecule has 3 nitrogen and oxygen atoms in total. The van der Waals surface area contributed by atoms with E-state index in [1.165, 1.54) is 25.7 Å². The van der Waals surface area contributed by atoms with E-state index in [4.69, 9.17) is 17.4 Å². The molecular weight excluding hydrogens is 234 g/mol. The van der Waals surface area contributed by atoms with Crippen molar-refractivity contribution in [2.75, 3.05) is 0 Å². The molecule has 94 valence electrons. The molecule has 0 aliphatic heterocycles. The Hall–Kier alpha value is -0.640. The molecule has 2 rings (SSSR count). The zero-order chi connectivity index (χ0) is 12.3. The van der Waals surface area contributed by atoms with Gasteiger partial charge in [0.05, 0.1) is 11.1 Å². The number of nitrogens with one attached hydrogen (secondary N) is 1. The summed E-state index contributed by atoms with van der Waals surface area (Å²) in [7, 11) is 0. The summed E-state index contributed by atoms with van der Waals surface area (Å²) < 4.78 is 0. The molecule has 1 aromatic heterocycles. The lowest BCUT2D eigenvalue weighted by molar-refractivity contribution is 0.224. The summed E-state index contributed by atoms with van der Waals surface area (Å²) in [6, 6.07) is 2.11. The van der Waals surface area contributed by atoms with Gasteiger partial charge in [-0.15, -0.1) is 0 Å². The Labute approximate surface area is 108 Å². The lowest BCUT2D eigenvalue weighted by Gasteiger charge is -2.33. The van der Waals surface area contributed by atoms with Crippen molar-refractivity contribution in [3.05, 3.63) is 29.0 Å². The summed E-state index contributed by atoms with van der Waals surface area (Å²) in [4.78, 5) is 4.02. The second-order valence-corrected chi connectivity index (χ2v) is 5.48. The molecule has 17 heavy (non-hydrogen) atoms. The van der Waals surface area contributed by atoms with E-state index in [1.807, 2.05) is 6.07 Å². The van der Waals surface area contributed by atoms with Gasteiger partial charge in [0.2, 0.25) is 0 Å². The maximum Gasteiger partial charge on any atom is 0.0637 e. The van der Waals surface area contributed by atoms with Crippen molar-refractivity contribution in [2.24, 2.45) is 17.7 Å². The van der Waals surface area contributed by atoms with Crippen molar-refractivity contribution < 1.29 is 0 Å². The van der Waals surface area contributed by atoms with Gasteiger partial charge >= 0.3 is 0 Å². The van der Waals surface area contributed by atoms with Gasteiger partial charge in [-0.2, -0.15) is 0 Å². The number of halogens is 1. The smallest absolute Gasteiger partial charge is 0.0637 e. The number of nitrogens with zero attached hydrogens (tertiary/aromatic N) is 1. The molecule has 1 aliphatic rings. The van der Waals surface area contributed by atoms with Crippen molar-refractivity contribution in [3.63, 3.8) is 0 Å². The molecule has 1 heterocycles. The van der Waals surface area contributed by atoms with Crippen LogP contribution in [0.1, 0.15) is 44.2 Å². The van der Waals surface area contributed by atoms with Crippen LogP contribution in [0, 0.1) is 11.8 Å². The first-order valence-electron chi connectivity index (χ1n) is 6.28. The highest BCUT2D eigenvalue weighted by atomic mass is 35.5. The molecule has 3 unspecified atom stereocenters. The number of rotatable bonds is 3. The van der Waals surface area contributed by atoms with Gasteiger partial charge in [0, 0.05) is 12.4 Å². The van der Waals surface area contributed by atoms with Crippen molar-refractivity contribution in [3.8, 4) is 0 Å². The monoisotopic (exact) mass is 253 g/mol. The van der Waals surface area contributed by atoms with Gasteiger partial charge < -0.3 is 0 Å². The Morgan fingerprint density at radius 2 is 2.35 bits per heavy atom. The predicted molar refractivity (Wildman–Crippen MR) is 70.4 cm³/mol. The van der Waals surface area contributed by atoms with Crippen LogP contribution in [0.3, 0.4) is 0 Å². The normalized spacial score (nSPS) is 26.8. The minimum atomic E-state index is 0.147. The molecule has 0 amide bonds. The summed E-state index contributed by atoms with van der Waals surface area (Å²) in [6.45, 7) is 2.31. The summed E-state index contributed by atoms with van der Waals surface area (Å²) >= 11 is 6.20. The molecule has 1 saturated carbocycles. The Morgan fingerprint density at radius 1 is 1.53 bits per heavy atom. The molecule has 0 spiro atoms. The molecule has 0 saturated heterocycles. The summed E-state index contributed by atoms with van der Waals surface area (Å²) in [6.07, 6.45) is 8.52. The number of nitrogens with two attached hydrogens (primary N) is 1. The van der Waals surface area contributed by atoms with E-state index in [1.54, 1.807) is 12.4 Å². The van der Waals surface area contributed by atoms with Crippen LogP contribution in [0.25, 0.3) is 0 Å². The molecule has 0 aromatic carbocycles. The van der Waals surface area contributed by atoms with Crippen LogP contribution in [-0.2, 0) is 0 Å². The maximum absolute atomic E-state index is 6.20. The molecule has 1 fully saturated rings. The quantitative estimate of drug-likeness (QED) is 0.643. The fourth-order valence-corrected chi connectivity index (χ4v) is 3.14. The molecule has 0 radical (unpaired) electrons. The third kappa shape index (κ3) is 2.97. The molecule has 3 atom stereocenters. The zero-order valence-electron chi connectivity index (χ0n) is 10.2. The third-order valence-corrected chi connectivity index (χ3v) is 4.08. The average molecular weight is 254 g/mol. The number of hydrogen-bond donors (Lipinski definition) is 2. The standard InChI is InChI=1S/C13H20ClN3/c1-9-3-2-4-10(7-9)13(17-15)11-5-6-16-8-12(11)14/h5-6,8-10,13,17H,2-4,7,15H2,1H3. The van der Waals surface area contributed by atoms with Gasteiger partial charge in [-0.3, -0.25) is 16.3 Å². The van der Waals surface area contributed by atoms with Gasteiger partial charge in [0.15, 0.2) is 0 Å². The number of aromatic nitrogens is 1. The maximum atomic E-state index is 6.20. The van der Waals surface area contributed by atoms with Crippen LogP contribution in [0.2, 0.25) is 5.02 Å². The van der Waals surface area contributed by atoms with Gasteiger partial charge in [0.1, 0.15) is 0 Å². The Bertz CT molecular complexity index is 369. The van der Waals surface area contributed by atoms with Crippen LogP contribution >= 0.6 is 11.6 Å². The van der Waals surface area contributed by atoms with Gasteiger partial charge in [-0.25, -0.2) is 0 Å². The minimum Gasteiger partial charge on any atom is -0.271 e. The molecule has 1 aromatic rings. The van der Waals surface area contributed by atoms with E-state index in [0.29, 0.717) is 10.9 Å². The summed E-state index contributed by atoms with van der Waals surface area (Å²) in [5.41, 5.74) is 4.01. The number of hydrogen-bond acceptors (Lipinski definition) is 3. The van der Waals surface area contributed by atoms with Gasteiger partial charge in [-0.1, -0.05) is 31.4 Å². The second-order valence-electron chi connectivity index (χ2n) is 5.07. The van der Waals surface area contributed by atoms with Gasteiger partial charge in [-0.05, 0) is 36.3 Å². The van der Waals surface area contributed by atoms with Crippen LogP contribution in [-0.4, -0.2) is 4.98 Å². The van der Waals surface area contributed by atoms with Crippen LogP contribution in [0.15, 0.2) is 18.5 Å². The van der Waals surface area contributed by atoms with E-state index >= 15 is 0 Å². The summed E-state index contributed by atoms with van der Waals surface area (Å²) in [5, 5.41) is 0.702. The van der Waals surface area contributed by atoms with Crippen LogP contribution < -0.4 is 11.3 Å². The van der Waals surface area contributed by atoms with E-state index < -0.39 is 0 Å². The lowest BCUT2D eigenvalue weighted by atomic mass is 9.77. The van der Waals surface area contributed by atoms with Crippen molar-refractivity contribution in [1.29, 1.82) is 0 Å². The highest BCUT2D eigenvalue weighted by Crippen LogP contribution is 2.38. The summed E-state index contributed by atoms with van der Waals surface area (Å²) in [5.74, 6) is 7.08.